The van der Waals surface area contributed by atoms with Gasteiger partial charge in [-0.05, 0) is 42.8 Å². The van der Waals surface area contributed by atoms with Gasteiger partial charge in [-0.2, -0.15) is 0 Å². The lowest BCUT2D eigenvalue weighted by Gasteiger charge is -2.10. The van der Waals surface area contributed by atoms with Gasteiger partial charge in [0, 0.05) is 29.1 Å². The normalized spacial score (nSPS) is 10.4. The molecule has 0 radical (unpaired) electrons. The number of anilines is 2. The van der Waals surface area contributed by atoms with E-state index in [0.717, 1.165) is 17.7 Å². The summed E-state index contributed by atoms with van der Waals surface area (Å²) in [7, 11) is 0. The minimum Gasteiger partial charge on any atom is -0.478 e. The number of carboxylic acids is 1. The molecule has 0 heterocycles. The van der Waals surface area contributed by atoms with Crippen molar-refractivity contribution in [3.63, 3.8) is 0 Å². The van der Waals surface area contributed by atoms with E-state index in [2.05, 4.69) is 10.6 Å². The topological polar surface area (TPSA) is 95.5 Å². The fraction of sp³-hybridized carbons (Fsp3) is 0.0556. The number of hydrogen-bond acceptors (Lipinski definition) is 3. The van der Waals surface area contributed by atoms with E-state index in [1.165, 1.54) is 0 Å². The van der Waals surface area contributed by atoms with Gasteiger partial charge in [0.25, 0.3) is 5.91 Å². The summed E-state index contributed by atoms with van der Waals surface area (Å²) in [5.41, 5.74) is 2.44. The van der Waals surface area contributed by atoms with Crippen molar-refractivity contribution in [3.8, 4) is 0 Å². The Kier molecular flexibility index (Phi) is 5.46. The van der Waals surface area contributed by atoms with Crippen LogP contribution in [0.1, 0.15) is 15.9 Å². The molecule has 0 aliphatic carbocycles. The maximum absolute atomic E-state index is 12.1. The number of aliphatic carboxylic acids is 1. The standard InChI is InChI=1S/C18H16N2O4/c1-12-11-14(19-16(21)9-10-17(22)23)7-8-15(12)20-18(24)13-5-3-2-4-6-13/h2-11H,1H3,(H,19,21)(H,20,24)(H,22,23)/b10-9-. The number of carbonyl (C=O) groups excluding carboxylic acids is 2. The highest BCUT2D eigenvalue weighted by molar-refractivity contribution is 6.05. The van der Waals surface area contributed by atoms with E-state index in [-0.39, 0.29) is 5.91 Å². The van der Waals surface area contributed by atoms with Crippen LogP contribution in [-0.2, 0) is 9.59 Å². The molecule has 0 saturated heterocycles. The van der Waals surface area contributed by atoms with Crippen molar-refractivity contribution in [2.24, 2.45) is 0 Å². The minimum absolute atomic E-state index is 0.222. The summed E-state index contributed by atoms with van der Waals surface area (Å²) in [5.74, 6) is -1.96. The molecule has 0 bridgehead atoms. The lowest BCUT2D eigenvalue weighted by atomic mass is 10.1. The number of carbonyl (C=O) groups is 3. The summed E-state index contributed by atoms with van der Waals surface area (Å²) < 4.78 is 0. The molecule has 6 heteroatoms. The largest absolute Gasteiger partial charge is 0.478 e. The third-order valence-electron chi connectivity index (χ3n) is 3.16. The van der Waals surface area contributed by atoms with Crippen LogP contribution in [0, 0.1) is 6.92 Å². The van der Waals surface area contributed by atoms with Crippen LogP contribution in [0.15, 0.2) is 60.7 Å². The predicted molar refractivity (Wildman–Crippen MR) is 91.0 cm³/mol. The van der Waals surface area contributed by atoms with Crippen molar-refractivity contribution >= 4 is 29.2 Å². The molecule has 3 N–H and O–H groups in total. The highest BCUT2D eigenvalue weighted by Gasteiger charge is 2.08. The molecule has 24 heavy (non-hydrogen) atoms. The summed E-state index contributed by atoms with van der Waals surface area (Å²) >= 11 is 0. The van der Waals surface area contributed by atoms with E-state index in [1.807, 2.05) is 6.07 Å². The molecule has 2 aromatic carbocycles. The van der Waals surface area contributed by atoms with Gasteiger partial charge >= 0.3 is 5.97 Å². The molecule has 0 saturated carbocycles. The van der Waals surface area contributed by atoms with Crippen molar-refractivity contribution < 1.29 is 19.5 Å². The van der Waals surface area contributed by atoms with Crippen LogP contribution in [0.2, 0.25) is 0 Å². The molecule has 0 aromatic heterocycles. The Morgan fingerprint density at radius 2 is 1.67 bits per heavy atom. The van der Waals surface area contributed by atoms with Crippen LogP contribution in [0.5, 0.6) is 0 Å². The number of rotatable bonds is 5. The van der Waals surface area contributed by atoms with E-state index in [0.29, 0.717) is 16.9 Å². The third-order valence-corrected chi connectivity index (χ3v) is 3.16. The second kappa shape index (κ2) is 7.73. The zero-order chi connectivity index (χ0) is 17.5. The Morgan fingerprint density at radius 3 is 2.29 bits per heavy atom. The summed E-state index contributed by atoms with van der Waals surface area (Å²) in [4.78, 5) is 34.0. The number of carboxylic acid groups (broad SMARTS) is 1. The van der Waals surface area contributed by atoms with E-state index in [9.17, 15) is 14.4 Å². The third kappa shape index (κ3) is 4.81. The van der Waals surface area contributed by atoms with Crippen LogP contribution in [0.3, 0.4) is 0 Å². The molecule has 0 aliphatic rings. The van der Waals surface area contributed by atoms with Crippen molar-refractivity contribution in [3.05, 3.63) is 71.8 Å². The first-order valence-corrected chi connectivity index (χ1v) is 7.15. The Morgan fingerprint density at radius 1 is 0.958 bits per heavy atom. The molecule has 0 aliphatic heterocycles. The van der Waals surface area contributed by atoms with Crippen LogP contribution in [0.4, 0.5) is 11.4 Å². The lowest BCUT2D eigenvalue weighted by molar-refractivity contribution is -0.131. The molecular weight excluding hydrogens is 308 g/mol. The predicted octanol–water partition coefficient (Wildman–Crippen LogP) is 2.83. The molecule has 2 rings (SSSR count). The SMILES string of the molecule is Cc1cc(NC(=O)/C=C\C(=O)O)ccc1NC(=O)c1ccccc1. The van der Waals surface area contributed by atoms with Crippen molar-refractivity contribution in [1.29, 1.82) is 0 Å². The van der Waals surface area contributed by atoms with Crippen LogP contribution in [0.25, 0.3) is 0 Å². The van der Waals surface area contributed by atoms with Crippen LogP contribution >= 0.6 is 0 Å². The molecular formula is C18H16N2O4. The maximum atomic E-state index is 12.1. The van der Waals surface area contributed by atoms with Gasteiger partial charge in [0.1, 0.15) is 0 Å². The quantitative estimate of drug-likeness (QED) is 0.737. The Hall–Kier alpha value is -3.41. The molecule has 2 amide bonds. The maximum Gasteiger partial charge on any atom is 0.328 e. The van der Waals surface area contributed by atoms with E-state index >= 15 is 0 Å². The highest BCUT2D eigenvalue weighted by Crippen LogP contribution is 2.20. The van der Waals surface area contributed by atoms with Gasteiger partial charge in [0.2, 0.25) is 5.91 Å². The van der Waals surface area contributed by atoms with Gasteiger partial charge in [-0.3, -0.25) is 9.59 Å². The van der Waals surface area contributed by atoms with Gasteiger partial charge in [0.05, 0.1) is 0 Å². The van der Waals surface area contributed by atoms with Gasteiger partial charge in [-0.25, -0.2) is 4.79 Å². The van der Waals surface area contributed by atoms with Gasteiger partial charge in [0.15, 0.2) is 0 Å². The van der Waals surface area contributed by atoms with Crippen LogP contribution < -0.4 is 10.6 Å². The Bertz CT molecular complexity index is 798. The molecule has 0 unspecified atom stereocenters. The van der Waals surface area contributed by atoms with Gasteiger partial charge < -0.3 is 15.7 Å². The lowest BCUT2D eigenvalue weighted by Crippen LogP contribution is -2.13. The first kappa shape index (κ1) is 17.0. The second-order valence-electron chi connectivity index (χ2n) is 5.01. The van der Waals surface area contributed by atoms with Crippen molar-refractivity contribution in [1.82, 2.24) is 0 Å². The monoisotopic (exact) mass is 324 g/mol. The molecule has 2 aromatic rings. The van der Waals surface area contributed by atoms with E-state index < -0.39 is 11.9 Å². The number of nitrogens with one attached hydrogen (secondary N) is 2. The minimum atomic E-state index is -1.19. The summed E-state index contributed by atoms with van der Waals surface area (Å²) in [5, 5.41) is 13.8. The molecule has 0 fully saturated rings. The van der Waals surface area contributed by atoms with Crippen molar-refractivity contribution in [2.45, 2.75) is 6.92 Å². The van der Waals surface area contributed by atoms with Gasteiger partial charge in [-0.15, -0.1) is 0 Å². The van der Waals surface area contributed by atoms with Gasteiger partial charge in [-0.1, -0.05) is 18.2 Å². The Balaban J connectivity index is 2.06. The average Bonchev–Trinajstić information content (AvgIpc) is 2.56. The fourth-order valence-electron chi connectivity index (χ4n) is 2.00. The van der Waals surface area contributed by atoms with Crippen molar-refractivity contribution in [2.75, 3.05) is 10.6 Å². The zero-order valence-electron chi connectivity index (χ0n) is 12.9. The zero-order valence-corrected chi connectivity index (χ0v) is 12.9. The summed E-state index contributed by atoms with van der Waals surface area (Å²) in [6.45, 7) is 1.79. The number of benzene rings is 2. The number of aryl methyl sites for hydroxylation is 1. The molecule has 0 spiro atoms. The summed E-state index contributed by atoms with van der Waals surface area (Å²) in [6.07, 6.45) is 1.69. The average molecular weight is 324 g/mol. The molecule has 122 valence electrons. The first-order valence-electron chi connectivity index (χ1n) is 7.15. The number of hydrogen-bond donors (Lipinski definition) is 3. The Labute approximate surface area is 138 Å². The molecule has 6 nitrogen and oxygen atoms in total. The summed E-state index contributed by atoms with van der Waals surface area (Å²) in [6, 6.07) is 13.8. The molecule has 0 atom stereocenters. The first-order chi connectivity index (χ1) is 11.5. The smallest absolute Gasteiger partial charge is 0.328 e. The van der Waals surface area contributed by atoms with E-state index in [1.54, 1.807) is 49.4 Å². The second-order valence-corrected chi connectivity index (χ2v) is 5.01. The fourth-order valence-corrected chi connectivity index (χ4v) is 2.00. The highest BCUT2D eigenvalue weighted by atomic mass is 16.4. The number of amides is 2. The van der Waals surface area contributed by atoms with Crippen LogP contribution in [-0.4, -0.2) is 22.9 Å². The van der Waals surface area contributed by atoms with E-state index in [4.69, 9.17) is 5.11 Å².